The molecule has 6 heteroatoms. The second-order valence-electron chi connectivity index (χ2n) is 19.5. The van der Waals surface area contributed by atoms with Crippen LogP contribution in [-0.4, -0.2) is 28.7 Å². The molecule has 2 unspecified atom stereocenters. The van der Waals surface area contributed by atoms with Crippen molar-refractivity contribution in [2.75, 3.05) is 0 Å². The third-order valence-corrected chi connectivity index (χ3v) is 15.3. The third kappa shape index (κ3) is 6.91. The summed E-state index contributed by atoms with van der Waals surface area (Å²) in [6, 6.07) is 88.8. The number of aromatic nitrogens is 6. The quantitative estimate of drug-likeness (QED) is 0.152. The number of fused-ring (bicyclic) bond motifs is 9. The van der Waals surface area contributed by atoms with Crippen LogP contribution in [0, 0.1) is 0 Å². The lowest BCUT2D eigenvalue weighted by Crippen LogP contribution is -2.21. The molecule has 0 fully saturated rings. The SMILES string of the molecule is C1=CC(c2nc(-c3cccc(-c4ccccc4)c3)nc(-n3c4ccccc4c4ccccc43)n2)C(n2c3ccccc3c3c(-c4cccc5c4c4ccccc4n5-c4ccccc4)cccc32)C=C1c1ccccc1. The van der Waals surface area contributed by atoms with Gasteiger partial charge in [-0.15, -0.1) is 0 Å². The monoisotopic (exact) mass is 958 g/mol. The zero-order valence-electron chi connectivity index (χ0n) is 40.7. The molecule has 0 aliphatic heterocycles. The van der Waals surface area contributed by atoms with Gasteiger partial charge < -0.3 is 9.13 Å². The Hall–Kier alpha value is -9.91. The Morgan fingerprint density at radius 2 is 0.840 bits per heavy atom. The first kappa shape index (κ1) is 42.7. The van der Waals surface area contributed by atoms with Gasteiger partial charge in [-0.1, -0.05) is 212 Å². The minimum Gasteiger partial charge on any atom is -0.332 e. The maximum Gasteiger partial charge on any atom is 0.238 e. The number of nitrogens with zero attached hydrogens (tertiary/aromatic N) is 6. The molecule has 0 bridgehead atoms. The van der Waals surface area contributed by atoms with Gasteiger partial charge in [-0.25, -0.2) is 4.98 Å². The van der Waals surface area contributed by atoms with Crippen LogP contribution in [-0.2, 0) is 0 Å². The maximum absolute atomic E-state index is 5.62. The van der Waals surface area contributed by atoms with E-state index in [9.17, 15) is 0 Å². The minimum atomic E-state index is -0.307. The Balaban J connectivity index is 0.986. The molecule has 1 aliphatic rings. The highest BCUT2D eigenvalue weighted by atomic mass is 15.2. The zero-order valence-corrected chi connectivity index (χ0v) is 40.7. The van der Waals surface area contributed by atoms with Crippen LogP contribution in [0.2, 0.25) is 0 Å². The van der Waals surface area contributed by atoms with E-state index in [4.69, 9.17) is 15.0 Å². The second kappa shape index (κ2) is 17.4. The van der Waals surface area contributed by atoms with E-state index in [0.29, 0.717) is 17.6 Å². The molecule has 6 nitrogen and oxygen atoms in total. The average molecular weight is 959 g/mol. The van der Waals surface area contributed by atoms with Crippen LogP contribution in [0.4, 0.5) is 0 Å². The van der Waals surface area contributed by atoms with E-state index in [-0.39, 0.29) is 12.0 Å². The highest BCUT2D eigenvalue weighted by Gasteiger charge is 2.32. The first-order chi connectivity index (χ1) is 37.2. The van der Waals surface area contributed by atoms with Gasteiger partial charge in [0, 0.05) is 49.1 Å². The lowest BCUT2D eigenvalue weighted by atomic mass is 9.87. The van der Waals surface area contributed by atoms with Crippen LogP contribution in [0.5, 0.6) is 0 Å². The Labute approximate surface area is 433 Å². The summed E-state index contributed by atoms with van der Waals surface area (Å²) in [4.78, 5) is 16.6. The molecule has 0 N–H and O–H groups in total. The van der Waals surface area contributed by atoms with E-state index < -0.39 is 0 Å². The van der Waals surface area contributed by atoms with Crippen molar-refractivity contribution in [3.63, 3.8) is 0 Å². The number of rotatable bonds is 8. The fourth-order valence-corrected chi connectivity index (χ4v) is 12.0. The topological polar surface area (TPSA) is 53.5 Å². The van der Waals surface area contributed by atoms with Gasteiger partial charge in [0.25, 0.3) is 0 Å². The summed E-state index contributed by atoms with van der Waals surface area (Å²) >= 11 is 0. The Kier molecular flexibility index (Phi) is 9.91. The van der Waals surface area contributed by atoms with Crippen molar-refractivity contribution < 1.29 is 0 Å². The Morgan fingerprint density at radius 1 is 0.347 bits per heavy atom. The van der Waals surface area contributed by atoms with E-state index in [1.54, 1.807) is 0 Å². The summed E-state index contributed by atoms with van der Waals surface area (Å²) in [6.07, 6.45) is 7.02. The molecule has 75 heavy (non-hydrogen) atoms. The van der Waals surface area contributed by atoms with Crippen LogP contribution < -0.4 is 0 Å². The lowest BCUT2D eigenvalue weighted by molar-refractivity contribution is 0.552. The predicted molar refractivity (Wildman–Crippen MR) is 310 cm³/mol. The van der Waals surface area contributed by atoms with Gasteiger partial charge in [-0.3, -0.25) is 4.57 Å². The van der Waals surface area contributed by atoms with E-state index >= 15 is 0 Å². The van der Waals surface area contributed by atoms with E-state index in [1.807, 2.05) is 0 Å². The Morgan fingerprint density at radius 3 is 1.52 bits per heavy atom. The minimum absolute atomic E-state index is 0.254. The number of hydrogen-bond acceptors (Lipinski definition) is 3. The molecule has 0 amide bonds. The number of allylic oxidation sites excluding steroid dienone is 4. The molecule has 14 aromatic rings. The molecule has 4 aromatic heterocycles. The van der Waals surface area contributed by atoms with Gasteiger partial charge in [-0.05, 0) is 88.0 Å². The van der Waals surface area contributed by atoms with Crippen molar-refractivity contribution in [2.45, 2.75) is 12.0 Å². The average Bonchev–Trinajstić information content (AvgIpc) is 4.15. The van der Waals surface area contributed by atoms with Gasteiger partial charge >= 0.3 is 0 Å². The molecule has 10 aromatic carbocycles. The molecule has 15 rings (SSSR count). The summed E-state index contributed by atoms with van der Waals surface area (Å²) < 4.78 is 7.18. The fourth-order valence-electron chi connectivity index (χ4n) is 12.0. The molecule has 1 aliphatic carbocycles. The fraction of sp³-hybridized carbons (Fsp3) is 0.0290. The molecule has 352 valence electrons. The zero-order chi connectivity index (χ0) is 49.4. The van der Waals surface area contributed by atoms with Gasteiger partial charge in [0.1, 0.15) is 5.82 Å². The number of benzene rings is 10. The standard InChI is InChI=1S/C69H46N6/c1-4-21-45(22-5-1)47-25-18-26-49(43-47)67-70-68(72-69(71-67)75-58-35-14-10-29-51(58)52-30-11-15-36-59(52)75)57-42-41-48(46-23-6-2-7-24-46)44-64(57)74-61-38-17-13-32-56(61)66-54(34-20-40-63(66)74)53-33-19-39-62-65(53)55-31-12-16-37-60(55)73(62)50-27-8-3-9-28-50/h1-44,57,64H. The highest BCUT2D eigenvalue weighted by Crippen LogP contribution is 2.47. The first-order valence-electron chi connectivity index (χ1n) is 25.7. The van der Waals surface area contributed by atoms with Crippen molar-refractivity contribution >= 4 is 71.0 Å². The summed E-state index contributed by atoms with van der Waals surface area (Å²) in [5.74, 6) is 1.58. The number of para-hydroxylation sites is 5. The van der Waals surface area contributed by atoms with Crippen molar-refractivity contribution in [1.29, 1.82) is 0 Å². The Bertz CT molecular complexity index is 4540. The summed E-state index contributed by atoms with van der Waals surface area (Å²) in [7, 11) is 0. The normalized spacial score (nSPS) is 14.7. The van der Waals surface area contributed by atoms with Crippen molar-refractivity contribution in [3.05, 3.63) is 278 Å². The van der Waals surface area contributed by atoms with E-state index in [0.717, 1.165) is 66.4 Å². The highest BCUT2D eigenvalue weighted by molar-refractivity contribution is 6.22. The van der Waals surface area contributed by atoms with E-state index in [1.165, 1.54) is 43.7 Å². The van der Waals surface area contributed by atoms with Crippen molar-refractivity contribution in [2.24, 2.45) is 0 Å². The van der Waals surface area contributed by atoms with Crippen molar-refractivity contribution in [3.8, 4) is 45.3 Å². The van der Waals surface area contributed by atoms with Crippen LogP contribution >= 0.6 is 0 Å². The molecule has 2 atom stereocenters. The summed E-state index contributed by atoms with van der Waals surface area (Å²) in [5.41, 5.74) is 15.7. The maximum atomic E-state index is 5.62. The van der Waals surface area contributed by atoms with Crippen LogP contribution in [0.25, 0.3) is 116 Å². The van der Waals surface area contributed by atoms with Gasteiger partial charge in [0.2, 0.25) is 5.95 Å². The van der Waals surface area contributed by atoms with Crippen molar-refractivity contribution in [1.82, 2.24) is 28.7 Å². The predicted octanol–water partition coefficient (Wildman–Crippen LogP) is 17.2. The summed E-state index contributed by atoms with van der Waals surface area (Å²) in [5, 5.41) is 7.15. The molecule has 0 saturated heterocycles. The molecular weight excluding hydrogens is 913 g/mol. The number of hydrogen-bond donors (Lipinski definition) is 0. The van der Waals surface area contributed by atoms with Crippen LogP contribution in [0.1, 0.15) is 23.3 Å². The van der Waals surface area contributed by atoms with Gasteiger partial charge in [0.15, 0.2) is 5.82 Å². The van der Waals surface area contributed by atoms with Crippen LogP contribution in [0.3, 0.4) is 0 Å². The molecule has 0 saturated carbocycles. The lowest BCUT2D eigenvalue weighted by Gasteiger charge is -2.29. The molecular formula is C69H46N6. The molecule has 4 heterocycles. The van der Waals surface area contributed by atoms with E-state index in [2.05, 4.69) is 281 Å². The largest absolute Gasteiger partial charge is 0.332 e. The van der Waals surface area contributed by atoms with Crippen LogP contribution in [0.15, 0.2) is 267 Å². The smallest absolute Gasteiger partial charge is 0.238 e. The third-order valence-electron chi connectivity index (χ3n) is 15.3. The second-order valence-corrected chi connectivity index (χ2v) is 19.5. The molecule has 0 radical (unpaired) electrons. The molecule has 0 spiro atoms. The summed E-state index contributed by atoms with van der Waals surface area (Å²) in [6.45, 7) is 0. The van der Waals surface area contributed by atoms with Gasteiger partial charge in [-0.2, -0.15) is 9.97 Å². The first-order valence-corrected chi connectivity index (χ1v) is 25.7. The van der Waals surface area contributed by atoms with Gasteiger partial charge in [0.05, 0.1) is 39.5 Å².